The number of carbonyl (C=O) groups is 1. The second kappa shape index (κ2) is 7.13. The minimum absolute atomic E-state index is 0.0826. The fourth-order valence-electron chi connectivity index (χ4n) is 2.56. The first-order valence-electron chi connectivity index (χ1n) is 7.56. The van der Waals surface area contributed by atoms with Crippen molar-refractivity contribution in [3.8, 4) is 17.2 Å². The summed E-state index contributed by atoms with van der Waals surface area (Å²) in [6.07, 6.45) is -0.199. The summed E-state index contributed by atoms with van der Waals surface area (Å²) >= 11 is 3.40. The minimum atomic E-state index is -0.199. The molecule has 2 aromatic carbocycles. The number of para-hydroxylation sites is 2. The van der Waals surface area contributed by atoms with Crippen LogP contribution in [-0.4, -0.2) is 44.2 Å². The van der Waals surface area contributed by atoms with Gasteiger partial charge in [0.1, 0.15) is 12.4 Å². The number of nitrogens with zero attached hydrogens (tertiary/aromatic N) is 1. The highest BCUT2D eigenvalue weighted by atomic mass is 79.9. The quantitative estimate of drug-likeness (QED) is 0.801. The van der Waals surface area contributed by atoms with Crippen LogP contribution in [0.25, 0.3) is 0 Å². The third-order valence-corrected chi connectivity index (χ3v) is 4.41. The Morgan fingerprint density at radius 3 is 2.75 bits per heavy atom. The summed E-state index contributed by atoms with van der Waals surface area (Å²) in [7, 11) is 3.34. The third kappa shape index (κ3) is 3.48. The van der Waals surface area contributed by atoms with Crippen molar-refractivity contribution in [2.75, 3.05) is 27.3 Å². The molecule has 0 aliphatic carbocycles. The highest BCUT2D eigenvalue weighted by Gasteiger charge is 2.24. The lowest BCUT2D eigenvalue weighted by molar-refractivity contribution is 0.0521. The van der Waals surface area contributed by atoms with Crippen LogP contribution in [0.15, 0.2) is 46.9 Å². The fourth-order valence-corrected chi connectivity index (χ4v) is 3.10. The standard InChI is InChI=1S/C18H18BrNO4/c1-20(18(21)12-7-8-15(22-2)14(19)9-12)10-13-11-23-16-5-3-4-6-17(16)24-13/h3-9,13H,10-11H2,1-2H3/t13-/m1/s1. The number of methoxy groups -OCH3 is 1. The summed E-state index contributed by atoms with van der Waals surface area (Å²) in [5, 5.41) is 0. The fraction of sp³-hybridized carbons (Fsp3) is 0.278. The first-order chi connectivity index (χ1) is 11.6. The van der Waals surface area contributed by atoms with Crippen LogP contribution in [0.2, 0.25) is 0 Å². The van der Waals surface area contributed by atoms with Crippen molar-refractivity contribution in [1.29, 1.82) is 0 Å². The Kier molecular flexibility index (Phi) is 4.94. The topological polar surface area (TPSA) is 48.0 Å². The van der Waals surface area contributed by atoms with Crippen molar-refractivity contribution in [1.82, 2.24) is 4.90 Å². The van der Waals surface area contributed by atoms with Crippen molar-refractivity contribution < 1.29 is 19.0 Å². The Morgan fingerprint density at radius 1 is 1.29 bits per heavy atom. The molecule has 0 saturated carbocycles. The van der Waals surface area contributed by atoms with E-state index in [1.54, 1.807) is 37.3 Å². The number of benzene rings is 2. The Bertz CT molecular complexity index is 750. The smallest absolute Gasteiger partial charge is 0.253 e. The molecule has 24 heavy (non-hydrogen) atoms. The Labute approximate surface area is 149 Å². The van der Waals surface area contributed by atoms with Crippen LogP contribution < -0.4 is 14.2 Å². The molecule has 0 spiro atoms. The van der Waals surface area contributed by atoms with Crippen molar-refractivity contribution in [3.05, 3.63) is 52.5 Å². The molecule has 1 heterocycles. The maximum atomic E-state index is 12.6. The van der Waals surface area contributed by atoms with Crippen LogP contribution in [0.3, 0.4) is 0 Å². The van der Waals surface area contributed by atoms with E-state index in [9.17, 15) is 4.79 Å². The van der Waals surface area contributed by atoms with Gasteiger partial charge in [-0.3, -0.25) is 4.79 Å². The van der Waals surface area contributed by atoms with E-state index >= 15 is 0 Å². The van der Waals surface area contributed by atoms with Gasteiger partial charge in [-0.2, -0.15) is 0 Å². The summed E-state index contributed by atoms with van der Waals surface area (Å²) < 4.78 is 17.5. The van der Waals surface area contributed by atoms with Crippen LogP contribution in [0, 0.1) is 0 Å². The lowest BCUT2D eigenvalue weighted by Crippen LogP contribution is -2.41. The van der Waals surface area contributed by atoms with Gasteiger partial charge in [0.2, 0.25) is 0 Å². The largest absolute Gasteiger partial charge is 0.496 e. The number of halogens is 1. The molecular formula is C18H18BrNO4. The molecule has 0 radical (unpaired) electrons. The summed E-state index contributed by atoms with van der Waals surface area (Å²) in [5.41, 5.74) is 0.585. The van der Waals surface area contributed by atoms with E-state index < -0.39 is 0 Å². The van der Waals surface area contributed by atoms with E-state index in [-0.39, 0.29) is 12.0 Å². The highest BCUT2D eigenvalue weighted by molar-refractivity contribution is 9.10. The molecule has 6 heteroatoms. The van der Waals surface area contributed by atoms with Crippen molar-refractivity contribution in [2.24, 2.45) is 0 Å². The molecule has 0 bridgehead atoms. The molecule has 1 atom stereocenters. The van der Waals surface area contributed by atoms with Gasteiger partial charge in [0.05, 0.1) is 18.1 Å². The SMILES string of the molecule is COc1ccc(C(=O)N(C)C[C@@H]2COc3ccccc3O2)cc1Br. The molecular weight excluding hydrogens is 374 g/mol. The average Bonchev–Trinajstić information content (AvgIpc) is 2.60. The second-order valence-corrected chi connectivity index (χ2v) is 6.39. The second-order valence-electron chi connectivity index (χ2n) is 5.53. The molecule has 5 nitrogen and oxygen atoms in total. The lowest BCUT2D eigenvalue weighted by atomic mass is 10.2. The molecule has 0 fully saturated rings. The first-order valence-corrected chi connectivity index (χ1v) is 8.35. The summed E-state index contributed by atoms with van der Waals surface area (Å²) in [4.78, 5) is 14.2. The molecule has 1 aliphatic rings. The van der Waals surface area contributed by atoms with Gasteiger partial charge >= 0.3 is 0 Å². The van der Waals surface area contributed by atoms with Crippen LogP contribution in [0.4, 0.5) is 0 Å². The molecule has 0 aromatic heterocycles. The van der Waals surface area contributed by atoms with Crippen LogP contribution in [-0.2, 0) is 0 Å². The summed E-state index contributed by atoms with van der Waals surface area (Å²) in [6.45, 7) is 0.859. The van der Waals surface area contributed by atoms with Gasteiger partial charge in [-0.1, -0.05) is 12.1 Å². The zero-order valence-electron chi connectivity index (χ0n) is 13.5. The lowest BCUT2D eigenvalue weighted by Gasteiger charge is -2.29. The number of fused-ring (bicyclic) bond motifs is 1. The number of likely N-dealkylation sites (N-methyl/N-ethyl adjacent to an activating group) is 1. The number of hydrogen-bond acceptors (Lipinski definition) is 4. The van der Waals surface area contributed by atoms with E-state index in [0.717, 1.165) is 10.2 Å². The van der Waals surface area contributed by atoms with Gasteiger partial charge in [-0.15, -0.1) is 0 Å². The normalized spacial score (nSPS) is 15.7. The monoisotopic (exact) mass is 391 g/mol. The van der Waals surface area contributed by atoms with E-state index in [1.165, 1.54) is 0 Å². The summed E-state index contributed by atoms with van der Waals surface area (Å²) in [6, 6.07) is 12.8. The molecule has 2 aromatic rings. The zero-order valence-corrected chi connectivity index (χ0v) is 15.1. The third-order valence-electron chi connectivity index (χ3n) is 3.79. The van der Waals surface area contributed by atoms with E-state index in [1.807, 2.05) is 24.3 Å². The van der Waals surface area contributed by atoms with Gasteiger partial charge in [0, 0.05) is 12.6 Å². The van der Waals surface area contributed by atoms with Crippen LogP contribution >= 0.6 is 15.9 Å². The predicted octanol–water partition coefficient (Wildman–Crippen LogP) is 3.37. The van der Waals surface area contributed by atoms with E-state index in [2.05, 4.69) is 15.9 Å². The van der Waals surface area contributed by atoms with Crippen LogP contribution in [0.1, 0.15) is 10.4 Å². The first kappa shape index (κ1) is 16.6. The maximum absolute atomic E-state index is 12.6. The number of ether oxygens (including phenoxy) is 3. The van der Waals surface area contributed by atoms with Crippen molar-refractivity contribution >= 4 is 21.8 Å². The highest BCUT2D eigenvalue weighted by Crippen LogP contribution is 2.31. The van der Waals surface area contributed by atoms with E-state index in [0.29, 0.717) is 30.2 Å². The Morgan fingerprint density at radius 2 is 2.04 bits per heavy atom. The Hall–Kier alpha value is -2.21. The molecule has 3 rings (SSSR count). The van der Waals surface area contributed by atoms with Gasteiger partial charge < -0.3 is 19.1 Å². The van der Waals surface area contributed by atoms with Crippen molar-refractivity contribution in [2.45, 2.75) is 6.10 Å². The van der Waals surface area contributed by atoms with Gasteiger partial charge in [0.15, 0.2) is 17.6 Å². The molecule has 0 saturated heterocycles. The Balaban J connectivity index is 1.66. The van der Waals surface area contributed by atoms with Gasteiger partial charge in [-0.05, 0) is 46.3 Å². The molecule has 0 unspecified atom stereocenters. The molecule has 0 N–H and O–H groups in total. The predicted molar refractivity (Wildman–Crippen MR) is 94.0 cm³/mol. The zero-order chi connectivity index (χ0) is 17.1. The van der Waals surface area contributed by atoms with Gasteiger partial charge in [0.25, 0.3) is 5.91 Å². The maximum Gasteiger partial charge on any atom is 0.253 e. The number of carbonyl (C=O) groups excluding carboxylic acids is 1. The van der Waals surface area contributed by atoms with Gasteiger partial charge in [-0.25, -0.2) is 0 Å². The molecule has 1 amide bonds. The molecule has 126 valence electrons. The summed E-state index contributed by atoms with van der Waals surface area (Å²) in [5.74, 6) is 2.05. The minimum Gasteiger partial charge on any atom is -0.496 e. The average molecular weight is 392 g/mol. The number of amides is 1. The number of hydrogen-bond donors (Lipinski definition) is 0. The molecule has 1 aliphatic heterocycles. The van der Waals surface area contributed by atoms with E-state index in [4.69, 9.17) is 14.2 Å². The van der Waals surface area contributed by atoms with Crippen LogP contribution in [0.5, 0.6) is 17.2 Å². The van der Waals surface area contributed by atoms with Crippen molar-refractivity contribution in [3.63, 3.8) is 0 Å². The number of rotatable bonds is 4.